The lowest BCUT2D eigenvalue weighted by Crippen LogP contribution is -2.30. The molecule has 0 unspecified atom stereocenters. The Morgan fingerprint density at radius 1 is 1.12 bits per heavy atom. The van der Waals surface area contributed by atoms with Gasteiger partial charge in [0.1, 0.15) is 5.70 Å². The Kier molecular flexibility index (Phi) is 5.20. The lowest BCUT2D eigenvalue weighted by Gasteiger charge is -2.12. The number of urea groups is 1. The standard InChI is InChI=1S/C18H14BrClN2O4/c1-25-15-7-10(13(19)9-16(15)26-2)6-14-17(23)22(18(24)21-14)12-5-3-4-11(20)8-12/h3-9H,1-2H3,(H,21,24)/b14-6+. The van der Waals surface area contributed by atoms with Crippen molar-refractivity contribution in [2.24, 2.45) is 0 Å². The van der Waals surface area contributed by atoms with Gasteiger partial charge < -0.3 is 14.8 Å². The Hall–Kier alpha value is -2.51. The molecule has 0 atom stereocenters. The molecule has 0 aromatic heterocycles. The summed E-state index contributed by atoms with van der Waals surface area (Å²) in [6.45, 7) is 0. The van der Waals surface area contributed by atoms with Gasteiger partial charge >= 0.3 is 6.03 Å². The molecule has 1 fully saturated rings. The first-order valence-corrected chi connectivity index (χ1v) is 8.66. The minimum absolute atomic E-state index is 0.142. The highest BCUT2D eigenvalue weighted by Crippen LogP contribution is 2.35. The number of nitrogens with zero attached hydrogens (tertiary/aromatic N) is 1. The molecule has 1 heterocycles. The van der Waals surface area contributed by atoms with Crippen LogP contribution >= 0.6 is 27.5 Å². The second-order valence-electron chi connectivity index (χ2n) is 5.34. The predicted octanol–water partition coefficient (Wildman–Crippen LogP) is 4.22. The summed E-state index contributed by atoms with van der Waals surface area (Å²) in [5.41, 5.74) is 1.19. The zero-order valence-electron chi connectivity index (χ0n) is 13.9. The SMILES string of the molecule is COc1cc(Br)c(/C=C2/NC(=O)N(c3cccc(Cl)c3)C2=O)cc1OC. The number of carbonyl (C=O) groups is 2. The zero-order valence-corrected chi connectivity index (χ0v) is 16.2. The van der Waals surface area contributed by atoms with E-state index in [2.05, 4.69) is 21.2 Å². The average molecular weight is 438 g/mol. The molecule has 1 saturated heterocycles. The molecule has 134 valence electrons. The number of rotatable bonds is 4. The minimum Gasteiger partial charge on any atom is -0.493 e. The number of methoxy groups -OCH3 is 2. The van der Waals surface area contributed by atoms with Gasteiger partial charge in [-0.3, -0.25) is 4.79 Å². The first-order valence-electron chi connectivity index (χ1n) is 7.49. The molecule has 1 N–H and O–H groups in total. The number of hydrogen-bond acceptors (Lipinski definition) is 4. The average Bonchev–Trinajstić information content (AvgIpc) is 2.89. The normalized spacial score (nSPS) is 15.4. The van der Waals surface area contributed by atoms with Gasteiger partial charge in [-0.1, -0.05) is 33.6 Å². The molecule has 0 saturated carbocycles. The van der Waals surface area contributed by atoms with Crippen molar-refractivity contribution in [3.63, 3.8) is 0 Å². The van der Waals surface area contributed by atoms with E-state index in [1.54, 1.807) is 42.5 Å². The van der Waals surface area contributed by atoms with Crippen LogP contribution in [-0.4, -0.2) is 26.2 Å². The van der Waals surface area contributed by atoms with Crippen LogP contribution in [0.5, 0.6) is 11.5 Å². The van der Waals surface area contributed by atoms with Crippen LogP contribution < -0.4 is 19.7 Å². The fourth-order valence-corrected chi connectivity index (χ4v) is 3.14. The van der Waals surface area contributed by atoms with Crippen LogP contribution in [0.4, 0.5) is 10.5 Å². The van der Waals surface area contributed by atoms with E-state index in [-0.39, 0.29) is 5.70 Å². The second kappa shape index (κ2) is 7.39. The maximum atomic E-state index is 12.7. The van der Waals surface area contributed by atoms with E-state index in [1.165, 1.54) is 14.2 Å². The molecular formula is C18H14BrClN2O4. The molecular weight excluding hydrogens is 424 g/mol. The van der Waals surface area contributed by atoms with Gasteiger partial charge in [0.05, 0.1) is 19.9 Å². The third-order valence-electron chi connectivity index (χ3n) is 3.75. The van der Waals surface area contributed by atoms with Gasteiger partial charge in [0.25, 0.3) is 5.91 Å². The number of amides is 3. The van der Waals surface area contributed by atoms with Crippen LogP contribution in [0.25, 0.3) is 6.08 Å². The van der Waals surface area contributed by atoms with Crippen LogP contribution in [0.15, 0.2) is 46.6 Å². The Balaban J connectivity index is 1.98. The van der Waals surface area contributed by atoms with Gasteiger partial charge in [-0.25, -0.2) is 9.69 Å². The van der Waals surface area contributed by atoms with E-state index in [9.17, 15) is 9.59 Å². The molecule has 2 aromatic carbocycles. The summed E-state index contributed by atoms with van der Waals surface area (Å²) >= 11 is 9.38. The summed E-state index contributed by atoms with van der Waals surface area (Å²) in [6.07, 6.45) is 1.57. The molecule has 3 rings (SSSR count). The molecule has 1 aliphatic rings. The lowest BCUT2D eigenvalue weighted by atomic mass is 10.1. The van der Waals surface area contributed by atoms with E-state index >= 15 is 0 Å². The van der Waals surface area contributed by atoms with Crippen LogP contribution in [0, 0.1) is 0 Å². The van der Waals surface area contributed by atoms with Crippen molar-refractivity contribution in [1.82, 2.24) is 5.32 Å². The van der Waals surface area contributed by atoms with Crippen LogP contribution in [0.1, 0.15) is 5.56 Å². The molecule has 3 amide bonds. The summed E-state index contributed by atoms with van der Waals surface area (Å²) < 4.78 is 11.2. The Morgan fingerprint density at radius 3 is 2.46 bits per heavy atom. The van der Waals surface area contributed by atoms with Gasteiger partial charge in [0.15, 0.2) is 11.5 Å². The van der Waals surface area contributed by atoms with Crippen molar-refractivity contribution in [1.29, 1.82) is 0 Å². The second-order valence-corrected chi connectivity index (χ2v) is 6.63. The number of hydrogen-bond donors (Lipinski definition) is 1. The summed E-state index contributed by atoms with van der Waals surface area (Å²) in [4.78, 5) is 26.0. The summed E-state index contributed by atoms with van der Waals surface area (Å²) in [7, 11) is 3.05. The van der Waals surface area contributed by atoms with E-state index in [0.29, 0.717) is 32.2 Å². The van der Waals surface area contributed by atoms with Crippen molar-refractivity contribution >= 4 is 51.2 Å². The van der Waals surface area contributed by atoms with Crippen LogP contribution in [0.2, 0.25) is 5.02 Å². The lowest BCUT2D eigenvalue weighted by molar-refractivity contribution is -0.113. The van der Waals surface area contributed by atoms with E-state index < -0.39 is 11.9 Å². The highest BCUT2D eigenvalue weighted by molar-refractivity contribution is 9.10. The predicted molar refractivity (Wildman–Crippen MR) is 103 cm³/mol. The minimum atomic E-state index is -0.542. The van der Waals surface area contributed by atoms with Gasteiger partial charge in [0.2, 0.25) is 0 Å². The van der Waals surface area contributed by atoms with Crippen molar-refractivity contribution < 1.29 is 19.1 Å². The third-order valence-corrected chi connectivity index (χ3v) is 4.67. The highest BCUT2D eigenvalue weighted by Gasteiger charge is 2.35. The first kappa shape index (κ1) is 18.3. The molecule has 1 aliphatic heterocycles. The van der Waals surface area contributed by atoms with Crippen LogP contribution in [-0.2, 0) is 4.79 Å². The molecule has 6 nitrogen and oxygen atoms in total. The van der Waals surface area contributed by atoms with Gasteiger partial charge in [-0.05, 0) is 42.0 Å². The molecule has 0 aliphatic carbocycles. The van der Waals surface area contributed by atoms with E-state index in [0.717, 1.165) is 4.90 Å². The number of ether oxygens (including phenoxy) is 2. The Labute approximate surface area is 163 Å². The number of halogens is 2. The van der Waals surface area contributed by atoms with E-state index in [1.807, 2.05) is 0 Å². The number of nitrogens with one attached hydrogen (secondary N) is 1. The fraction of sp³-hybridized carbons (Fsp3) is 0.111. The maximum absolute atomic E-state index is 12.7. The largest absolute Gasteiger partial charge is 0.493 e. The van der Waals surface area contributed by atoms with Gasteiger partial charge in [-0.2, -0.15) is 0 Å². The molecule has 2 aromatic rings. The van der Waals surface area contributed by atoms with Crippen molar-refractivity contribution in [2.75, 3.05) is 19.1 Å². The monoisotopic (exact) mass is 436 g/mol. The molecule has 0 bridgehead atoms. The van der Waals surface area contributed by atoms with Gasteiger partial charge in [-0.15, -0.1) is 0 Å². The maximum Gasteiger partial charge on any atom is 0.333 e. The zero-order chi connectivity index (χ0) is 18.8. The Morgan fingerprint density at radius 2 is 1.81 bits per heavy atom. The van der Waals surface area contributed by atoms with Gasteiger partial charge in [0, 0.05) is 9.50 Å². The topological polar surface area (TPSA) is 67.9 Å². The molecule has 8 heteroatoms. The quantitative estimate of drug-likeness (QED) is 0.574. The van der Waals surface area contributed by atoms with Crippen molar-refractivity contribution in [3.05, 3.63) is 57.2 Å². The third kappa shape index (κ3) is 3.40. The number of anilines is 1. The smallest absolute Gasteiger partial charge is 0.333 e. The summed E-state index contributed by atoms with van der Waals surface area (Å²) in [5, 5.41) is 3.01. The molecule has 26 heavy (non-hydrogen) atoms. The van der Waals surface area contributed by atoms with Crippen molar-refractivity contribution in [2.45, 2.75) is 0 Å². The summed E-state index contributed by atoms with van der Waals surface area (Å²) in [6, 6.07) is 9.41. The first-order chi connectivity index (χ1) is 12.4. The molecule has 0 spiro atoms. The highest BCUT2D eigenvalue weighted by atomic mass is 79.9. The number of carbonyl (C=O) groups excluding carboxylic acids is 2. The number of benzene rings is 2. The van der Waals surface area contributed by atoms with E-state index in [4.69, 9.17) is 21.1 Å². The van der Waals surface area contributed by atoms with Crippen LogP contribution in [0.3, 0.4) is 0 Å². The fourth-order valence-electron chi connectivity index (χ4n) is 2.52. The molecule has 0 radical (unpaired) electrons. The number of imide groups is 1. The van der Waals surface area contributed by atoms with Crippen molar-refractivity contribution in [3.8, 4) is 11.5 Å². The summed E-state index contributed by atoms with van der Waals surface area (Å²) in [5.74, 6) is 0.578. The Bertz CT molecular complexity index is 929.